The maximum atomic E-state index is 11.8. The van der Waals surface area contributed by atoms with Crippen LogP contribution in [-0.2, 0) is 4.74 Å². The Morgan fingerprint density at radius 1 is 1.29 bits per heavy atom. The van der Waals surface area contributed by atoms with Crippen molar-refractivity contribution < 1.29 is 9.53 Å². The Morgan fingerprint density at radius 3 is 2.53 bits per heavy atom. The van der Waals surface area contributed by atoms with E-state index in [2.05, 4.69) is 11.9 Å². The number of hydrogen-bond donors (Lipinski definition) is 1. The molecule has 1 saturated heterocycles. The number of carbonyl (C=O) groups excluding carboxylic acids is 1. The van der Waals surface area contributed by atoms with Crippen LogP contribution < -0.4 is 5.32 Å². The van der Waals surface area contributed by atoms with Gasteiger partial charge in [0.1, 0.15) is 0 Å². The molecule has 1 aliphatic heterocycles. The summed E-state index contributed by atoms with van der Waals surface area (Å²) in [5, 5.41) is 2.89. The van der Waals surface area contributed by atoms with Crippen molar-refractivity contribution in [2.24, 2.45) is 0 Å². The van der Waals surface area contributed by atoms with Crippen molar-refractivity contribution in [3.8, 4) is 0 Å². The van der Waals surface area contributed by atoms with Gasteiger partial charge in [-0.3, -0.25) is 0 Å². The molecule has 0 bridgehead atoms. The molecule has 0 aromatic heterocycles. The molecule has 2 amide bonds. The second-order valence-electron chi connectivity index (χ2n) is 4.64. The van der Waals surface area contributed by atoms with Crippen molar-refractivity contribution in [2.45, 2.75) is 32.6 Å². The van der Waals surface area contributed by atoms with Crippen LogP contribution >= 0.6 is 0 Å². The lowest BCUT2D eigenvalue weighted by atomic mass is 10.2. The highest BCUT2D eigenvalue weighted by atomic mass is 16.5. The highest BCUT2D eigenvalue weighted by Crippen LogP contribution is 2.09. The van der Waals surface area contributed by atoms with Gasteiger partial charge in [0.25, 0.3) is 0 Å². The summed E-state index contributed by atoms with van der Waals surface area (Å²) in [6.07, 6.45) is 4.73. The SMILES string of the molecule is C=C(C)COCCNC(=O)N1CCCCCC1. The molecule has 0 unspecified atom stereocenters. The zero-order chi connectivity index (χ0) is 12.5. The predicted molar refractivity (Wildman–Crippen MR) is 69.1 cm³/mol. The minimum absolute atomic E-state index is 0.0471. The minimum atomic E-state index is 0.0471. The van der Waals surface area contributed by atoms with Crippen LogP contribution in [0.15, 0.2) is 12.2 Å². The molecule has 1 aliphatic rings. The van der Waals surface area contributed by atoms with Gasteiger partial charge in [-0.05, 0) is 19.8 Å². The van der Waals surface area contributed by atoms with E-state index in [1.165, 1.54) is 12.8 Å². The molecule has 0 aliphatic carbocycles. The van der Waals surface area contributed by atoms with Gasteiger partial charge in [0.15, 0.2) is 0 Å². The first-order chi connectivity index (χ1) is 8.20. The fourth-order valence-electron chi connectivity index (χ4n) is 1.86. The third kappa shape index (κ3) is 6.31. The fraction of sp³-hybridized carbons (Fsp3) is 0.769. The molecular weight excluding hydrogens is 216 g/mol. The standard InChI is InChI=1S/C13H24N2O2/c1-12(2)11-17-10-7-14-13(16)15-8-5-3-4-6-9-15/h1,3-11H2,2H3,(H,14,16). The van der Waals surface area contributed by atoms with Gasteiger partial charge in [-0.15, -0.1) is 0 Å². The van der Waals surface area contributed by atoms with E-state index in [1.54, 1.807) is 0 Å². The monoisotopic (exact) mass is 240 g/mol. The molecule has 0 atom stereocenters. The average molecular weight is 240 g/mol. The number of amides is 2. The molecule has 0 aromatic rings. The van der Waals surface area contributed by atoms with Crippen molar-refractivity contribution in [3.05, 3.63) is 12.2 Å². The van der Waals surface area contributed by atoms with Crippen molar-refractivity contribution in [1.82, 2.24) is 10.2 Å². The summed E-state index contributed by atoms with van der Waals surface area (Å²) in [6.45, 7) is 9.14. The van der Waals surface area contributed by atoms with E-state index in [0.29, 0.717) is 19.8 Å². The van der Waals surface area contributed by atoms with Crippen LogP contribution in [0.25, 0.3) is 0 Å². The Bertz CT molecular complexity index is 246. The molecule has 4 nitrogen and oxygen atoms in total. The number of hydrogen-bond acceptors (Lipinski definition) is 2. The molecule has 0 spiro atoms. The van der Waals surface area contributed by atoms with Gasteiger partial charge in [-0.2, -0.15) is 0 Å². The molecule has 1 fully saturated rings. The Balaban J connectivity index is 2.09. The van der Waals surface area contributed by atoms with E-state index in [0.717, 1.165) is 31.5 Å². The zero-order valence-electron chi connectivity index (χ0n) is 10.8. The van der Waals surface area contributed by atoms with Gasteiger partial charge in [-0.25, -0.2) is 4.79 Å². The minimum Gasteiger partial charge on any atom is -0.375 e. The Hall–Kier alpha value is -1.03. The highest BCUT2D eigenvalue weighted by Gasteiger charge is 2.14. The number of nitrogens with one attached hydrogen (secondary N) is 1. The number of rotatable bonds is 5. The maximum Gasteiger partial charge on any atom is 0.317 e. The topological polar surface area (TPSA) is 41.6 Å². The number of likely N-dealkylation sites (tertiary alicyclic amines) is 1. The van der Waals surface area contributed by atoms with E-state index < -0.39 is 0 Å². The van der Waals surface area contributed by atoms with Gasteiger partial charge >= 0.3 is 6.03 Å². The lowest BCUT2D eigenvalue weighted by molar-refractivity contribution is 0.153. The van der Waals surface area contributed by atoms with Crippen LogP contribution in [-0.4, -0.2) is 43.8 Å². The molecule has 1 heterocycles. The molecule has 0 aromatic carbocycles. The van der Waals surface area contributed by atoms with E-state index in [-0.39, 0.29) is 6.03 Å². The molecule has 17 heavy (non-hydrogen) atoms. The quantitative estimate of drug-likeness (QED) is 0.591. The highest BCUT2D eigenvalue weighted by molar-refractivity contribution is 5.74. The lowest BCUT2D eigenvalue weighted by Crippen LogP contribution is -2.41. The summed E-state index contributed by atoms with van der Waals surface area (Å²) in [7, 11) is 0. The summed E-state index contributed by atoms with van der Waals surface area (Å²) in [6, 6.07) is 0.0471. The van der Waals surface area contributed by atoms with Gasteiger partial charge in [0.2, 0.25) is 0 Å². The summed E-state index contributed by atoms with van der Waals surface area (Å²) >= 11 is 0. The molecule has 1 N–H and O–H groups in total. The Morgan fingerprint density at radius 2 is 1.94 bits per heavy atom. The van der Waals surface area contributed by atoms with Crippen molar-refractivity contribution >= 4 is 6.03 Å². The smallest absolute Gasteiger partial charge is 0.317 e. The van der Waals surface area contributed by atoms with Crippen LogP contribution in [0.4, 0.5) is 4.79 Å². The molecular formula is C13H24N2O2. The second-order valence-corrected chi connectivity index (χ2v) is 4.64. The largest absolute Gasteiger partial charge is 0.375 e. The average Bonchev–Trinajstić information content (AvgIpc) is 2.56. The summed E-state index contributed by atoms with van der Waals surface area (Å²) in [5.41, 5.74) is 1.00. The molecule has 0 saturated carbocycles. The third-order valence-corrected chi connectivity index (χ3v) is 2.76. The first-order valence-corrected chi connectivity index (χ1v) is 6.45. The van der Waals surface area contributed by atoms with Crippen LogP contribution in [0, 0.1) is 0 Å². The predicted octanol–water partition coefficient (Wildman–Crippen LogP) is 2.16. The zero-order valence-corrected chi connectivity index (χ0v) is 10.8. The van der Waals surface area contributed by atoms with Gasteiger partial charge in [-0.1, -0.05) is 25.0 Å². The van der Waals surface area contributed by atoms with E-state index in [9.17, 15) is 4.79 Å². The first-order valence-electron chi connectivity index (χ1n) is 6.45. The fourth-order valence-corrected chi connectivity index (χ4v) is 1.86. The number of ether oxygens (including phenoxy) is 1. The van der Waals surface area contributed by atoms with Crippen molar-refractivity contribution in [3.63, 3.8) is 0 Å². The summed E-state index contributed by atoms with van der Waals surface area (Å²) in [4.78, 5) is 13.7. The van der Waals surface area contributed by atoms with Crippen LogP contribution in [0.2, 0.25) is 0 Å². The third-order valence-electron chi connectivity index (χ3n) is 2.76. The van der Waals surface area contributed by atoms with Crippen LogP contribution in [0.3, 0.4) is 0 Å². The van der Waals surface area contributed by atoms with E-state index in [4.69, 9.17) is 4.74 Å². The summed E-state index contributed by atoms with van der Waals surface area (Å²) < 4.78 is 5.32. The normalized spacial score (nSPS) is 16.4. The number of carbonyl (C=O) groups is 1. The van der Waals surface area contributed by atoms with Gasteiger partial charge < -0.3 is 15.0 Å². The molecule has 1 rings (SSSR count). The number of urea groups is 1. The van der Waals surface area contributed by atoms with Gasteiger partial charge in [0, 0.05) is 19.6 Å². The van der Waals surface area contributed by atoms with Gasteiger partial charge in [0.05, 0.1) is 13.2 Å². The second kappa shape index (κ2) is 8.12. The first kappa shape index (κ1) is 14.0. The lowest BCUT2D eigenvalue weighted by Gasteiger charge is -2.20. The number of nitrogens with zero attached hydrogens (tertiary/aromatic N) is 1. The van der Waals surface area contributed by atoms with Crippen molar-refractivity contribution in [2.75, 3.05) is 32.8 Å². The molecule has 98 valence electrons. The Labute approximate surface area is 104 Å². The maximum absolute atomic E-state index is 11.8. The van der Waals surface area contributed by atoms with E-state index in [1.807, 2.05) is 11.8 Å². The van der Waals surface area contributed by atoms with Crippen LogP contribution in [0.5, 0.6) is 0 Å². The van der Waals surface area contributed by atoms with Crippen LogP contribution in [0.1, 0.15) is 32.6 Å². The van der Waals surface area contributed by atoms with E-state index >= 15 is 0 Å². The molecule has 4 heteroatoms. The Kier molecular flexibility index (Phi) is 6.70. The summed E-state index contributed by atoms with van der Waals surface area (Å²) in [5.74, 6) is 0. The molecule has 0 radical (unpaired) electrons. The van der Waals surface area contributed by atoms with Crippen molar-refractivity contribution in [1.29, 1.82) is 0 Å².